The fourth-order valence-corrected chi connectivity index (χ4v) is 2.86. The van der Waals surface area contributed by atoms with Gasteiger partial charge in [0, 0.05) is 25.3 Å². The molecule has 0 aromatic heterocycles. The number of amides is 2. The van der Waals surface area contributed by atoms with Crippen molar-refractivity contribution in [3.63, 3.8) is 0 Å². The fraction of sp³-hybridized carbons (Fsp3) is 0.529. The molecule has 132 valence electrons. The minimum Gasteiger partial charge on any atom is -0.482 e. The maximum absolute atomic E-state index is 12.1. The largest absolute Gasteiger partial charge is 0.482 e. The van der Waals surface area contributed by atoms with Gasteiger partial charge in [-0.25, -0.2) is 0 Å². The average Bonchev–Trinajstić information content (AvgIpc) is 3.10. The number of carbonyl (C=O) groups is 2. The summed E-state index contributed by atoms with van der Waals surface area (Å²) >= 11 is 6.19. The zero-order chi connectivity index (χ0) is 17.5. The summed E-state index contributed by atoms with van der Waals surface area (Å²) < 4.78 is 5.50. The van der Waals surface area contributed by atoms with Gasteiger partial charge in [0.2, 0.25) is 5.91 Å². The van der Waals surface area contributed by atoms with Crippen LogP contribution in [0.3, 0.4) is 0 Å². The second-order valence-electron chi connectivity index (χ2n) is 5.68. The molecule has 0 bridgehead atoms. The van der Waals surface area contributed by atoms with Crippen molar-refractivity contribution < 1.29 is 14.3 Å². The summed E-state index contributed by atoms with van der Waals surface area (Å²) in [6.07, 6.45) is 0.841. The first-order chi connectivity index (χ1) is 11.5. The summed E-state index contributed by atoms with van der Waals surface area (Å²) in [5.41, 5.74) is 0.624. The lowest BCUT2D eigenvalue weighted by Gasteiger charge is -2.19. The second kappa shape index (κ2) is 8.89. The zero-order valence-electron chi connectivity index (χ0n) is 14.1. The molecule has 1 aromatic rings. The van der Waals surface area contributed by atoms with Crippen molar-refractivity contribution in [3.05, 3.63) is 23.2 Å². The quantitative estimate of drug-likeness (QED) is 0.787. The van der Waals surface area contributed by atoms with Crippen LogP contribution in [0.5, 0.6) is 5.75 Å². The molecule has 2 rings (SSSR count). The summed E-state index contributed by atoms with van der Waals surface area (Å²) in [6, 6.07) is 5.03. The maximum atomic E-state index is 12.1. The Labute approximate surface area is 147 Å². The van der Waals surface area contributed by atoms with Crippen LogP contribution < -0.4 is 15.4 Å². The number of halogens is 1. The van der Waals surface area contributed by atoms with Crippen molar-refractivity contribution in [1.82, 2.24) is 10.2 Å². The molecule has 0 aliphatic carbocycles. The van der Waals surface area contributed by atoms with Crippen molar-refractivity contribution >= 4 is 29.1 Å². The molecule has 1 saturated heterocycles. The summed E-state index contributed by atoms with van der Waals surface area (Å²) in [4.78, 5) is 25.7. The van der Waals surface area contributed by atoms with E-state index in [4.69, 9.17) is 16.3 Å². The fourth-order valence-electron chi connectivity index (χ4n) is 2.63. The number of anilines is 1. The molecule has 1 fully saturated rings. The lowest BCUT2D eigenvalue weighted by Crippen LogP contribution is -2.34. The van der Waals surface area contributed by atoms with Gasteiger partial charge in [-0.3, -0.25) is 9.59 Å². The number of rotatable bonds is 7. The van der Waals surface area contributed by atoms with Crippen molar-refractivity contribution in [2.24, 2.45) is 5.92 Å². The highest BCUT2D eigenvalue weighted by atomic mass is 35.5. The van der Waals surface area contributed by atoms with E-state index >= 15 is 0 Å². The van der Waals surface area contributed by atoms with Crippen LogP contribution in [0, 0.1) is 5.92 Å². The van der Waals surface area contributed by atoms with E-state index in [0.29, 0.717) is 36.1 Å². The van der Waals surface area contributed by atoms with Crippen LogP contribution in [0.1, 0.15) is 20.3 Å². The van der Waals surface area contributed by atoms with Gasteiger partial charge in [-0.15, -0.1) is 0 Å². The molecule has 2 N–H and O–H groups in total. The van der Waals surface area contributed by atoms with Gasteiger partial charge in [0.05, 0.1) is 10.9 Å². The molecule has 0 spiro atoms. The number of carbonyl (C=O) groups excluding carboxylic acids is 2. The summed E-state index contributed by atoms with van der Waals surface area (Å²) in [7, 11) is 0. The predicted molar refractivity (Wildman–Crippen MR) is 94.5 cm³/mol. The molecule has 6 nitrogen and oxygen atoms in total. The van der Waals surface area contributed by atoms with E-state index in [2.05, 4.69) is 10.6 Å². The Bertz CT molecular complexity index is 584. The molecule has 1 unspecified atom stereocenters. The highest BCUT2D eigenvalue weighted by molar-refractivity contribution is 6.32. The summed E-state index contributed by atoms with van der Waals surface area (Å²) in [5.74, 6) is 0.327. The summed E-state index contributed by atoms with van der Waals surface area (Å²) in [5, 5.41) is 6.39. The van der Waals surface area contributed by atoms with Crippen LogP contribution in [0.25, 0.3) is 0 Å². The Morgan fingerprint density at radius 2 is 2.12 bits per heavy atom. The second-order valence-corrected chi connectivity index (χ2v) is 6.09. The number of hydrogen-bond acceptors (Lipinski definition) is 4. The van der Waals surface area contributed by atoms with Gasteiger partial charge in [-0.05, 0) is 45.0 Å². The molecule has 0 saturated carbocycles. The number of likely N-dealkylation sites (N-methyl/N-ethyl adjacent to an activating group) is 1. The van der Waals surface area contributed by atoms with Crippen LogP contribution in [-0.2, 0) is 9.59 Å². The van der Waals surface area contributed by atoms with Crippen molar-refractivity contribution in [2.75, 3.05) is 38.1 Å². The Balaban J connectivity index is 1.91. The molecule has 1 aromatic carbocycles. The molecule has 1 atom stereocenters. The SMILES string of the molecule is CCN(CC)C(=O)COc1ccc(NC(=O)C2CCNC2)cc1Cl. The van der Waals surface area contributed by atoms with Gasteiger partial charge in [-0.2, -0.15) is 0 Å². The minimum absolute atomic E-state index is 0.00797. The minimum atomic E-state index is -0.0813. The predicted octanol–water partition coefficient (Wildman–Crippen LogP) is 2.14. The van der Waals surface area contributed by atoms with E-state index in [1.165, 1.54) is 0 Å². The Morgan fingerprint density at radius 1 is 1.38 bits per heavy atom. The van der Waals surface area contributed by atoms with Gasteiger partial charge in [0.1, 0.15) is 5.75 Å². The highest BCUT2D eigenvalue weighted by Crippen LogP contribution is 2.28. The van der Waals surface area contributed by atoms with Gasteiger partial charge >= 0.3 is 0 Å². The number of nitrogens with one attached hydrogen (secondary N) is 2. The molecule has 24 heavy (non-hydrogen) atoms. The van der Waals surface area contributed by atoms with Crippen molar-refractivity contribution in [2.45, 2.75) is 20.3 Å². The Hall–Kier alpha value is -1.79. The average molecular weight is 354 g/mol. The van der Waals surface area contributed by atoms with E-state index < -0.39 is 0 Å². The topological polar surface area (TPSA) is 70.7 Å². The normalized spacial score (nSPS) is 16.7. The first-order valence-electron chi connectivity index (χ1n) is 8.26. The maximum Gasteiger partial charge on any atom is 0.260 e. The first-order valence-corrected chi connectivity index (χ1v) is 8.64. The Morgan fingerprint density at radius 3 is 2.71 bits per heavy atom. The van der Waals surface area contributed by atoms with E-state index in [1.54, 1.807) is 23.1 Å². The van der Waals surface area contributed by atoms with E-state index in [-0.39, 0.29) is 24.3 Å². The van der Waals surface area contributed by atoms with Gasteiger partial charge < -0.3 is 20.3 Å². The van der Waals surface area contributed by atoms with Gasteiger partial charge in [0.15, 0.2) is 6.61 Å². The molecule has 2 amide bonds. The van der Waals surface area contributed by atoms with E-state index in [1.807, 2.05) is 13.8 Å². The third-order valence-electron chi connectivity index (χ3n) is 4.10. The van der Waals surface area contributed by atoms with Crippen LogP contribution in [0.4, 0.5) is 5.69 Å². The van der Waals surface area contributed by atoms with Crippen molar-refractivity contribution in [3.8, 4) is 5.75 Å². The molecule has 0 radical (unpaired) electrons. The molecule has 7 heteroatoms. The lowest BCUT2D eigenvalue weighted by atomic mass is 10.1. The monoisotopic (exact) mass is 353 g/mol. The smallest absolute Gasteiger partial charge is 0.260 e. The number of hydrogen-bond donors (Lipinski definition) is 2. The van der Waals surface area contributed by atoms with Gasteiger partial charge in [-0.1, -0.05) is 11.6 Å². The first kappa shape index (κ1) is 18.5. The van der Waals surface area contributed by atoms with Crippen LogP contribution >= 0.6 is 11.6 Å². The third kappa shape index (κ3) is 4.85. The number of benzene rings is 1. The zero-order valence-corrected chi connectivity index (χ0v) is 14.9. The number of nitrogens with zero attached hydrogens (tertiary/aromatic N) is 1. The lowest BCUT2D eigenvalue weighted by molar-refractivity contribution is -0.133. The van der Waals surface area contributed by atoms with Crippen LogP contribution in [0.2, 0.25) is 5.02 Å². The van der Waals surface area contributed by atoms with E-state index in [9.17, 15) is 9.59 Å². The standard InChI is InChI=1S/C17H24ClN3O3/c1-3-21(4-2)16(22)11-24-15-6-5-13(9-14(15)18)20-17(23)12-7-8-19-10-12/h5-6,9,12,19H,3-4,7-8,10-11H2,1-2H3,(H,20,23). The van der Waals surface area contributed by atoms with Crippen molar-refractivity contribution in [1.29, 1.82) is 0 Å². The number of ether oxygens (including phenoxy) is 1. The molecule has 1 heterocycles. The summed E-state index contributed by atoms with van der Waals surface area (Å²) in [6.45, 7) is 6.65. The molecular formula is C17H24ClN3O3. The highest BCUT2D eigenvalue weighted by Gasteiger charge is 2.22. The molecule has 1 aliphatic heterocycles. The van der Waals surface area contributed by atoms with Gasteiger partial charge in [0.25, 0.3) is 5.91 Å². The van der Waals surface area contributed by atoms with Crippen LogP contribution in [0.15, 0.2) is 18.2 Å². The Kier molecular flexibility index (Phi) is 6.87. The molecule has 1 aliphatic rings. The third-order valence-corrected chi connectivity index (χ3v) is 4.39. The van der Waals surface area contributed by atoms with Crippen LogP contribution in [-0.4, -0.2) is 49.5 Å². The van der Waals surface area contributed by atoms with E-state index in [0.717, 1.165) is 13.0 Å². The molecular weight excluding hydrogens is 330 g/mol.